The Morgan fingerprint density at radius 2 is 2.04 bits per heavy atom. The Balaban J connectivity index is 1.23. The molecule has 0 radical (unpaired) electrons. The van der Waals surface area contributed by atoms with Gasteiger partial charge in [0, 0.05) is 43.9 Å². The number of nitrogens with zero attached hydrogens (tertiary/aromatic N) is 3. The molecule has 6 heteroatoms. The van der Waals surface area contributed by atoms with Crippen LogP contribution >= 0.6 is 0 Å². The van der Waals surface area contributed by atoms with Crippen LogP contribution in [-0.4, -0.2) is 51.2 Å². The van der Waals surface area contributed by atoms with Crippen LogP contribution in [-0.2, 0) is 6.42 Å². The van der Waals surface area contributed by atoms with Crippen LogP contribution in [0.3, 0.4) is 0 Å². The molecule has 2 aliphatic carbocycles. The zero-order valence-corrected chi connectivity index (χ0v) is 14.8. The number of nitrogens with one attached hydrogen (secondary N) is 1. The molecular formula is C19H28N4O2. The lowest BCUT2D eigenvalue weighted by molar-refractivity contribution is -0.0870. The first-order chi connectivity index (χ1) is 12.1. The third-order valence-electron chi connectivity index (χ3n) is 6.07. The van der Waals surface area contributed by atoms with Crippen molar-refractivity contribution in [3.8, 4) is 0 Å². The van der Waals surface area contributed by atoms with Gasteiger partial charge < -0.3 is 15.3 Å². The van der Waals surface area contributed by atoms with E-state index in [0.717, 1.165) is 37.1 Å². The van der Waals surface area contributed by atoms with Gasteiger partial charge in [-0.2, -0.15) is 0 Å². The maximum atomic E-state index is 12.4. The van der Waals surface area contributed by atoms with Crippen molar-refractivity contribution < 1.29 is 9.90 Å². The van der Waals surface area contributed by atoms with E-state index in [1.54, 1.807) is 0 Å². The molecule has 2 N–H and O–H groups in total. The van der Waals surface area contributed by atoms with Crippen molar-refractivity contribution in [1.29, 1.82) is 0 Å². The van der Waals surface area contributed by atoms with Gasteiger partial charge in [0.25, 0.3) is 0 Å². The van der Waals surface area contributed by atoms with Gasteiger partial charge in [-0.15, -0.1) is 0 Å². The van der Waals surface area contributed by atoms with Crippen LogP contribution in [0.25, 0.3) is 0 Å². The normalized spacial score (nSPS) is 29.2. The molecule has 2 unspecified atom stereocenters. The maximum absolute atomic E-state index is 12.4. The standard InChI is InChI=1S/C19H28N4O2/c24-18(23-10-8-19(25)7-2-1-3-16(19)13-23)20-9-6-14-11-21-17(22-12-14)15-4-5-15/h11-12,15-16,25H,1-10,13H2,(H,20,24). The molecule has 6 nitrogen and oxygen atoms in total. The molecular weight excluding hydrogens is 316 g/mol. The monoisotopic (exact) mass is 344 g/mol. The average molecular weight is 344 g/mol. The van der Waals surface area contributed by atoms with Crippen molar-refractivity contribution >= 4 is 6.03 Å². The van der Waals surface area contributed by atoms with E-state index in [1.165, 1.54) is 19.3 Å². The summed E-state index contributed by atoms with van der Waals surface area (Å²) in [5, 5.41) is 13.7. The van der Waals surface area contributed by atoms with E-state index in [-0.39, 0.29) is 11.9 Å². The topological polar surface area (TPSA) is 78.4 Å². The molecule has 1 aliphatic heterocycles. The molecule has 136 valence electrons. The number of urea groups is 1. The number of aliphatic hydroxyl groups is 1. The fraction of sp³-hybridized carbons (Fsp3) is 0.737. The molecule has 0 spiro atoms. The minimum Gasteiger partial charge on any atom is -0.389 e. The Bertz CT molecular complexity index is 616. The summed E-state index contributed by atoms with van der Waals surface area (Å²) in [6.45, 7) is 1.93. The quantitative estimate of drug-likeness (QED) is 0.878. The van der Waals surface area contributed by atoms with Crippen molar-refractivity contribution in [2.45, 2.75) is 62.9 Å². The lowest BCUT2D eigenvalue weighted by atomic mass is 9.71. The number of hydrogen-bond donors (Lipinski definition) is 2. The van der Waals surface area contributed by atoms with Gasteiger partial charge in [0.2, 0.25) is 0 Å². The van der Waals surface area contributed by atoms with Crippen molar-refractivity contribution in [3.63, 3.8) is 0 Å². The molecule has 25 heavy (non-hydrogen) atoms. The van der Waals surface area contributed by atoms with Gasteiger partial charge in [-0.1, -0.05) is 12.8 Å². The fourth-order valence-corrected chi connectivity index (χ4v) is 4.23. The van der Waals surface area contributed by atoms with Crippen LogP contribution in [0, 0.1) is 5.92 Å². The summed E-state index contributed by atoms with van der Waals surface area (Å²) in [7, 11) is 0. The molecule has 0 bridgehead atoms. The molecule has 0 aromatic carbocycles. The smallest absolute Gasteiger partial charge is 0.317 e. The van der Waals surface area contributed by atoms with E-state index in [2.05, 4.69) is 15.3 Å². The zero-order valence-electron chi connectivity index (χ0n) is 14.8. The second-order valence-electron chi connectivity index (χ2n) is 7.95. The highest BCUT2D eigenvalue weighted by Crippen LogP contribution is 2.39. The van der Waals surface area contributed by atoms with Gasteiger partial charge in [-0.25, -0.2) is 14.8 Å². The minimum atomic E-state index is -0.532. The molecule has 1 aromatic rings. The number of rotatable bonds is 4. The van der Waals surface area contributed by atoms with Crippen molar-refractivity contribution in [1.82, 2.24) is 20.2 Å². The predicted octanol–water partition coefficient (Wildman–Crippen LogP) is 2.23. The summed E-state index contributed by atoms with van der Waals surface area (Å²) in [5.74, 6) is 1.77. The Labute approximate surface area is 149 Å². The number of carbonyl (C=O) groups excluding carboxylic acids is 1. The van der Waals surface area contributed by atoms with E-state index in [0.29, 0.717) is 32.0 Å². The summed E-state index contributed by atoms with van der Waals surface area (Å²) in [6, 6.07) is -0.0110. The number of amides is 2. The van der Waals surface area contributed by atoms with Gasteiger partial charge in [0.05, 0.1) is 5.60 Å². The Kier molecular flexibility index (Phi) is 4.63. The van der Waals surface area contributed by atoms with Crippen molar-refractivity contribution in [2.24, 2.45) is 5.92 Å². The molecule has 2 amide bonds. The number of carbonyl (C=O) groups is 1. The molecule has 1 saturated heterocycles. The Morgan fingerprint density at radius 1 is 1.24 bits per heavy atom. The molecule has 3 aliphatic rings. The highest BCUT2D eigenvalue weighted by molar-refractivity contribution is 5.74. The molecule has 1 aromatic heterocycles. The Hall–Kier alpha value is -1.69. The van der Waals surface area contributed by atoms with Crippen LogP contribution in [0.1, 0.15) is 62.3 Å². The SMILES string of the molecule is O=C(NCCc1cnc(C2CC2)nc1)N1CCC2(O)CCCCC2C1. The van der Waals surface area contributed by atoms with Gasteiger partial charge in [-0.3, -0.25) is 0 Å². The number of piperidine rings is 1. The average Bonchev–Trinajstić information content (AvgIpc) is 3.46. The van der Waals surface area contributed by atoms with Crippen molar-refractivity contribution in [2.75, 3.05) is 19.6 Å². The van der Waals surface area contributed by atoms with Crippen molar-refractivity contribution in [3.05, 3.63) is 23.8 Å². The number of fused-ring (bicyclic) bond motifs is 1. The first-order valence-corrected chi connectivity index (χ1v) is 9.70. The first-order valence-electron chi connectivity index (χ1n) is 9.70. The summed E-state index contributed by atoms with van der Waals surface area (Å²) in [5.41, 5.74) is 0.528. The zero-order chi connectivity index (χ0) is 17.3. The second kappa shape index (κ2) is 6.90. The molecule has 4 rings (SSSR count). The lowest BCUT2D eigenvalue weighted by Crippen LogP contribution is -2.56. The maximum Gasteiger partial charge on any atom is 0.317 e. The summed E-state index contributed by atoms with van der Waals surface area (Å²) in [6.07, 6.45) is 11.9. The first kappa shape index (κ1) is 16.8. The van der Waals surface area contributed by atoms with Crippen LogP contribution in [0.2, 0.25) is 0 Å². The highest BCUT2D eigenvalue weighted by atomic mass is 16.3. The van der Waals surface area contributed by atoms with Crippen LogP contribution in [0.4, 0.5) is 4.79 Å². The number of aromatic nitrogens is 2. The second-order valence-corrected chi connectivity index (χ2v) is 7.95. The van der Waals surface area contributed by atoms with Crippen LogP contribution in [0.15, 0.2) is 12.4 Å². The van der Waals surface area contributed by atoms with E-state index < -0.39 is 5.60 Å². The lowest BCUT2D eigenvalue weighted by Gasteiger charge is -2.47. The number of likely N-dealkylation sites (tertiary alicyclic amines) is 1. The summed E-state index contributed by atoms with van der Waals surface area (Å²) < 4.78 is 0. The molecule has 2 atom stereocenters. The van der Waals surface area contributed by atoms with Crippen LogP contribution in [0.5, 0.6) is 0 Å². The molecule has 3 fully saturated rings. The molecule has 2 saturated carbocycles. The van der Waals surface area contributed by atoms with Gasteiger partial charge in [0.15, 0.2) is 0 Å². The van der Waals surface area contributed by atoms with Gasteiger partial charge in [0.1, 0.15) is 5.82 Å². The Morgan fingerprint density at radius 3 is 2.80 bits per heavy atom. The van der Waals surface area contributed by atoms with Gasteiger partial charge >= 0.3 is 6.03 Å². The van der Waals surface area contributed by atoms with E-state index >= 15 is 0 Å². The van der Waals surface area contributed by atoms with E-state index in [4.69, 9.17) is 0 Å². The number of hydrogen-bond acceptors (Lipinski definition) is 4. The fourth-order valence-electron chi connectivity index (χ4n) is 4.23. The highest BCUT2D eigenvalue weighted by Gasteiger charge is 2.43. The summed E-state index contributed by atoms with van der Waals surface area (Å²) >= 11 is 0. The van der Waals surface area contributed by atoms with E-state index in [9.17, 15) is 9.90 Å². The molecule has 2 heterocycles. The van der Waals surface area contributed by atoms with Crippen LogP contribution < -0.4 is 5.32 Å². The minimum absolute atomic E-state index is 0.0110. The third-order valence-corrected chi connectivity index (χ3v) is 6.07. The summed E-state index contributed by atoms with van der Waals surface area (Å²) in [4.78, 5) is 23.1. The van der Waals surface area contributed by atoms with Gasteiger partial charge in [-0.05, 0) is 44.1 Å². The largest absolute Gasteiger partial charge is 0.389 e. The van der Waals surface area contributed by atoms with E-state index in [1.807, 2.05) is 17.3 Å². The predicted molar refractivity (Wildman–Crippen MR) is 94.2 cm³/mol. The third kappa shape index (κ3) is 3.78.